The molecule has 2 N–H and O–H groups in total. The number of fused-ring (bicyclic) bond motifs is 1. The van der Waals surface area contributed by atoms with Crippen molar-refractivity contribution >= 4 is 49.3 Å². The fraction of sp³-hybridized carbons (Fsp3) is 0.519. The Hall–Kier alpha value is -2.44. The van der Waals surface area contributed by atoms with Gasteiger partial charge in [-0.15, -0.1) is 0 Å². The van der Waals surface area contributed by atoms with Gasteiger partial charge < -0.3 is 24.8 Å². The Labute approximate surface area is 229 Å². The molecule has 1 aliphatic carbocycles. The molecule has 2 fully saturated rings. The molecule has 2 aromatic heterocycles. The minimum atomic E-state index is -1.00. The summed E-state index contributed by atoms with van der Waals surface area (Å²) >= 11 is 1.31. The highest BCUT2D eigenvalue weighted by Crippen LogP contribution is 2.34. The number of aliphatic hydroxyl groups excluding tert-OH is 1. The van der Waals surface area contributed by atoms with Crippen LogP contribution in [-0.4, -0.2) is 76.1 Å². The van der Waals surface area contributed by atoms with Crippen molar-refractivity contribution in [1.29, 1.82) is 0 Å². The third kappa shape index (κ3) is 6.23. The van der Waals surface area contributed by atoms with Gasteiger partial charge in [-0.1, -0.05) is 30.4 Å². The van der Waals surface area contributed by atoms with Crippen molar-refractivity contribution in [2.45, 2.75) is 60.9 Å². The van der Waals surface area contributed by atoms with E-state index in [4.69, 9.17) is 9.47 Å². The van der Waals surface area contributed by atoms with E-state index in [9.17, 15) is 14.1 Å². The van der Waals surface area contributed by atoms with Crippen molar-refractivity contribution in [3.8, 4) is 0 Å². The third-order valence-corrected chi connectivity index (χ3v) is 9.60. The van der Waals surface area contributed by atoms with Crippen LogP contribution in [-0.2, 0) is 25.1 Å². The predicted molar refractivity (Wildman–Crippen MR) is 149 cm³/mol. The van der Waals surface area contributed by atoms with Crippen LogP contribution in [0.15, 0.2) is 41.3 Å². The second-order valence-corrected chi connectivity index (χ2v) is 12.5. The zero-order valence-corrected chi connectivity index (χ0v) is 23.3. The van der Waals surface area contributed by atoms with Crippen molar-refractivity contribution in [1.82, 2.24) is 9.97 Å². The van der Waals surface area contributed by atoms with E-state index in [1.165, 1.54) is 11.3 Å². The monoisotopic (exact) mass is 558 g/mol. The van der Waals surface area contributed by atoms with Crippen LogP contribution in [0.5, 0.6) is 0 Å². The van der Waals surface area contributed by atoms with Gasteiger partial charge in [0.15, 0.2) is 5.13 Å². The molecular weight excluding hydrogens is 524 g/mol. The maximum atomic E-state index is 13.8. The Morgan fingerprint density at radius 3 is 2.68 bits per heavy atom. The minimum absolute atomic E-state index is 0.0344. The van der Waals surface area contributed by atoms with E-state index < -0.39 is 16.7 Å². The topological polar surface area (TPSA) is 114 Å². The highest BCUT2D eigenvalue weighted by atomic mass is 32.2. The number of likely N-dealkylation sites (N-methyl/N-ethyl adjacent to an activating group) is 1. The van der Waals surface area contributed by atoms with E-state index in [0.29, 0.717) is 41.7 Å². The van der Waals surface area contributed by atoms with Gasteiger partial charge in [0.1, 0.15) is 16.2 Å². The Balaban J connectivity index is 1.39. The number of aromatic nitrogens is 2. The van der Waals surface area contributed by atoms with E-state index in [2.05, 4.69) is 15.3 Å². The van der Waals surface area contributed by atoms with Gasteiger partial charge in [0, 0.05) is 30.3 Å². The number of thiazole rings is 1. The van der Waals surface area contributed by atoms with E-state index in [0.717, 1.165) is 35.5 Å². The molecule has 3 unspecified atom stereocenters. The maximum absolute atomic E-state index is 13.8. The predicted octanol–water partition coefficient (Wildman–Crippen LogP) is 3.70. The standard InChI is InChI=1S/C27H34N4O5S2/c1-3-22(36-18-12-15-35-16-18)24(17-4-6-19(7-5-17)38(34)20-8-9-20)25(33)30-27-28-21-10-11-23(29-26(21)37-27)31(2)13-14-32/h4-7,10-11,18,20,22,24,32H,3,8-9,12-16H2,1-2H3,(H,28,30,33)/t18-,22?,24?,38?/m1/s1. The van der Waals surface area contributed by atoms with E-state index in [-0.39, 0.29) is 30.0 Å². The van der Waals surface area contributed by atoms with Crippen LogP contribution in [0.4, 0.5) is 10.9 Å². The molecule has 38 heavy (non-hydrogen) atoms. The molecule has 1 amide bonds. The first kappa shape index (κ1) is 27.1. The van der Waals surface area contributed by atoms with Crippen molar-refractivity contribution < 1.29 is 23.6 Å². The normalized spacial score (nSPS) is 19.8. The van der Waals surface area contributed by atoms with Gasteiger partial charge in [-0.3, -0.25) is 9.00 Å². The molecule has 0 radical (unpaired) electrons. The van der Waals surface area contributed by atoms with Gasteiger partial charge in [0.05, 0.1) is 42.1 Å². The van der Waals surface area contributed by atoms with Crippen LogP contribution in [0.25, 0.3) is 10.3 Å². The van der Waals surface area contributed by atoms with Gasteiger partial charge in [-0.05, 0) is 55.5 Å². The average Bonchev–Trinajstić information content (AvgIpc) is 3.50. The van der Waals surface area contributed by atoms with Gasteiger partial charge in [0.2, 0.25) is 5.91 Å². The number of nitrogens with zero attached hydrogens (tertiary/aromatic N) is 3. The van der Waals surface area contributed by atoms with E-state index in [1.807, 2.05) is 55.3 Å². The number of carbonyl (C=O) groups excluding carboxylic acids is 1. The maximum Gasteiger partial charge on any atom is 0.236 e. The Bertz CT molecular complexity index is 1270. The molecule has 0 spiro atoms. The Kier molecular flexibility index (Phi) is 8.69. The summed E-state index contributed by atoms with van der Waals surface area (Å²) in [6, 6.07) is 11.3. The number of amides is 1. The number of aliphatic hydroxyl groups is 1. The number of ether oxygens (including phenoxy) is 2. The molecule has 3 aromatic rings. The summed E-state index contributed by atoms with van der Waals surface area (Å²) in [4.78, 5) is 26.4. The minimum Gasteiger partial charge on any atom is -0.395 e. The number of hydrogen-bond donors (Lipinski definition) is 2. The molecule has 1 saturated carbocycles. The average molecular weight is 559 g/mol. The van der Waals surface area contributed by atoms with Crippen molar-refractivity contribution in [3.05, 3.63) is 42.0 Å². The first-order chi connectivity index (χ1) is 18.5. The number of pyridine rings is 1. The quantitative estimate of drug-likeness (QED) is 0.346. The molecule has 4 atom stereocenters. The van der Waals surface area contributed by atoms with E-state index >= 15 is 0 Å². The molecule has 3 heterocycles. The lowest BCUT2D eigenvalue weighted by Crippen LogP contribution is -2.35. The largest absolute Gasteiger partial charge is 0.395 e. The third-order valence-electron chi connectivity index (χ3n) is 6.91. The first-order valence-electron chi connectivity index (χ1n) is 13.1. The zero-order valence-electron chi connectivity index (χ0n) is 21.7. The first-order valence-corrected chi connectivity index (χ1v) is 15.1. The smallest absolute Gasteiger partial charge is 0.236 e. The summed E-state index contributed by atoms with van der Waals surface area (Å²) in [5.74, 6) is -0.0494. The molecule has 1 aromatic carbocycles. The SMILES string of the molecule is CCC(O[C@@H]1CCOC1)C(C(=O)Nc1nc2ccc(N(C)CCO)nc2s1)c1ccc(S(=O)C2CC2)cc1. The van der Waals surface area contributed by atoms with Crippen LogP contribution in [0.1, 0.15) is 44.1 Å². The lowest BCUT2D eigenvalue weighted by molar-refractivity contribution is -0.123. The van der Waals surface area contributed by atoms with Crippen LogP contribution in [0.3, 0.4) is 0 Å². The number of anilines is 2. The molecule has 11 heteroatoms. The number of benzene rings is 1. The molecule has 1 saturated heterocycles. The second kappa shape index (κ2) is 12.2. The summed E-state index contributed by atoms with van der Waals surface area (Å²) in [5, 5.41) is 13.0. The fourth-order valence-corrected chi connectivity index (χ4v) is 6.81. The highest BCUT2D eigenvalue weighted by molar-refractivity contribution is 7.86. The Morgan fingerprint density at radius 2 is 2.03 bits per heavy atom. The molecule has 204 valence electrons. The van der Waals surface area contributed by atoms with Crippen LogP contribution < -0.4 is 10.2 Å². The summed E-state index contributed by atoms with van der Waals surface area (Å²) in [6.07, 6.45) is 3.06. The molecule has 9 nitrogen and oxygen atoms in total. The second-order valence-electron chi connectivity index (χ2n) is 9.76. The lowest BCUT2D eigenvalue weighted by Gasteiger charge is -2.28. The van der Waals surface area contributed by atoms with Gasteiger partial charge in [0.25, 0.3) is 0 Å². The molecule has 0 bridgehead atoms. The zero-order chi connectivity index (χ0) is 26.6. The van der Waals surface area contributed by atoms with Crippen molar-refractivity contribution in [2.24, 2.45) is 0 Å². The summed E-state index contributed by atoms with van der Waals surface area (Å²) < 4.78 is 24.5. The van der Waals surface area contributed by atoms with Gasteiger partial charge in [-0.2, -0.15) is 0 Å². The summed E-state index contributed by atoms with van der Waals surface area (Å²) in [6.45, 7) is 3.71. The van der Waals surface area contributed by atoms with Gasteiger partial charge in [-0.25, -0.2) is 9.97 Å². The highest BCUT2D eigenvalue weighted by Gasteiger charge is 2.34. The number of carbonyl (C=O) groups is 1. The van der Waals surface area contributed by atoms with Crippen LogP contribution in [0, 0.1) is 0 Å². The fourth-order valence-electron chi connectivity index (χ4n) is 4.62. The van der Waals surface area contributed by atoms with E-state index in [1.54, 1.807) is 0 Å². The molecule has 5 rings (SSSR count). The molecule has 1 aliphatic heterocycles. The number of rotatable bonds is 12. The number of nitrogens with one attached hydrogen (secondary N) is 1. The van der Waals surface area contributed by atoms with Crippen molar-refractivity contribution in [3.63, 3.8) is 0 Å². The number of hydrogen-bond acceptors (Lipinski definition) is 9. The summed E-state index contributed by atoms with van der Waals surface area (Å²) in [5.41, 5.74) is 1.51. The lowest BCUT2D eigenvalue weighted by atomic mass is 9.90. The summed E-state index contributed by atoms with van der Waals surface area (Å²) in [7, 11) is 0.865. The molecular formula is C27H34N4O5S2. The molecule has 2 aliphatic rings. The van der Waals surface area contributed by atoms with Crippen LogP contribution in [0.2, 0.25) is 0 Å². The van der Waals surface area contributed by atoms with Crippen molar-refractivity contribution in [2.75, 3.05) is 43.6 Å². The Morgan fingerprint density at radius 1 is 1.24 bits per heavy atom. The van der Waals surface area contributed by atoms with Crippen LogP contribution >= 0.6 is 11.3 Å². The van der Waals surface area contributed by atoms with Gasteiger partial charge >= 0.3 is 0 Å².